The fourth-order valence-electron chi connectivity index (χ4n) is 0.778. The lowest BCUT2D eigenvalue weighted by Crippen LogP contribution is -2.62. The standard InChI is InChI=1S/C9H7F9O2/c1-4(2)5(19)20-3-6(10,11)7(12,13)8(14,15)9(16,17)18/h1,3H2,2H3. The lowest BCUT2D eigenvalue weighted by atomic mass is 10.0. The fraction of sp³-hybridized carbons (Fsp3) is 0.667. The molecule has 118 valence electrons. The summed E-state index contributed by atoms with van der Waals surface area (Å²) in [4.78, 5) is 10.7. The van der Waals surface area contributed by atoms with E-state index in [0.717, 1.165) is 6.92 Å². The van der Waals surface area contributed by atoms with Crippen LogP contribution in [0.3, 0.4) is 0 Å². The maximum absolute atomic E-state index is 12.8. The minimum Gasteiger partial charge on any atom is -0.456 e. The number of carbonyl (C=O) groups is 1. The second-order valence-electron chi connectivity index (χ2n) is 3.71. The van der Waals surface area contributed by atoms with Gasteiger partial charge in [-0.25, -0.2) is 4.79 Å². The molecule has 0 rings (SSSR count). The van der Waals surface area contributed by atoms with Gasteiger partial charge in [-0.05, 0) is 6.92 Å². The van der Waals surface area contributed by atoms with Crippen LogP contribution in [0.1, 0.15) is 6.92 Å². The van der Waals surface area contributed by atoms with Crippen LogP contribution >= 0.6 is 0 Å². The first-order valence-corrected chi connectivity index (χ1v) is 4.60. The number of ether oxygens (including phenoxy) is 1. The smallest absolute Gasteiger partial charge is 0.456 e. The van der Waals surface area contributed by atoms with Gasteiger partial charge in [0.1, 0.15) is 0 Å². The van der Waals surface area contributed by atoms with Crippen LogP contribution in [0.2, 0.25) is 0 Å². The van der Waals surface area contributed by atoms with Gasteiger partial charge in [-0.1, -0.05) is 6.58 Å². The Labute approximate surface area is 106 Å². The summed E-state index contributed by atoms with van der Waals surface area (Å²) in [6, 6.07) is 0. The highest BCUT2D eigenvalue weighted by Crippen LogP contribution is 2.53. The number of esters is 1. The fourth-order valence-corrected chi connectivity index (χ4v) is 0.778. The van der Waals surface area contributed by atoms with Crippen molar-refractivity contribution in [3.63, 3.8) is 0 Å². The van der Waals surface area contributed by atoms with E-state index in [9.17, 15) is 44.3 Å². The summed E-state index contributed by atoms with van der Waals surface area (Å²) < 4.78 is 114. The number of hydrogen-bond donors (Lipinski definition) is 0. The van der Waals surface area contributed by atoms with Crippen LogP contribution in [0.5, 0.6) is 0 Å². The Morgan fingerprint density at radius 2 is 1.35 bits per heavy atom. The molecule has 0 aromatic heterocycles. The molecule has 0 N–H and O–H groups in total. The first-order valence-electron chi connectivity index (χ1n) is 4.60. The first-order chi connectivity index (χ1) is 8.58. The molecule has 0 amide bonds. The third-order valence-electron chi connectivity index (χ3n) is 1.94. The largest absolute Gasteiger partial charge is 0.460 e. The van der Waals surface area contributed by atoms with Crippen LogP contribution in [0.25, 0.3) is 0 Å². The summed E-state index contributed by atoms with van der Waals surface area (Å²) in [7, 11) is 0. The lowest BCUT2D eigenvalue weighted by Gasteiger charge is -2.33. The summed E-state index contributed by atoms with van der Waals surface area (Å²) in [5.41, 5.74) is -0.535. The molecule has 0 bridgehead atoms. The molecule has 2 nitrogen and oxygen atoms in total. The normalized spacial score (nSPS) is 14.1. The molecule has 0 aromatic rings. The maximum Gasteiger partial charge on any atom is 0.460 e. The van der Waals surface area contributed by atoms with Gasteiger partial charge in [0.25, 0.3) is 0 Å². The third kappa shape index (κ3) is 3.18. The number of rotatable bonds is 5. The molecule has 0 unspecified atom stereocenters. The third-order valence-corrected chi connectivity index (χ3v) is 1.94. The van der Waals surface area contributed by atoms with Crippen molar-refractivity contribution in [3.05, 3.63) is 12.2 Å². The van der Waals surface area contributed by atoms with E-state index in [4.69, 9.17) is 0 Å². The first kappa shape index (κ1) is 18.6. The van der Waals surface area contributed by atoms with E-state index in [0.29, 0.717) is 0 Å². The van der Waals surface area contributed by atoms with E-state index in [1.807, 2.05) is 0 Å². The summed E-state index contributed by atoms with van der Waals surface area (Å²) in [6.45, 7) is 1.14. The van der Waals surface area contributed by atoms with Gasteiger partial charge >= 0.3 is 29.9 Å². The number of alkyl halides is 9. The highest BCUT2D eigenvalue weighted by Gasteiger charge is 2.81. The molecule has 20 heavy (non-hydrogen) atoms. The topological polar surface area (TPSA) is 26.3 Å². The monoisotopic (exact) mass is 318 g/mol. The molecule has 0 aromatic carbocycles. The minimum atomic E-state index is -7.00. The number of hydrogen-bond acceptors (Lipinski definition) is 2. The molecule has 0 radical (unpaired) electrons. The molecule has 11 heteroatoms. The Hall–Kier alpha value is -1.42. The van der Waals surface area contributed by atoms with Crippen molar-refractivity contribution in [2.24, 2.45) is 0 Å². The average molecular weight is 318 g/mol. The van der Waals surface area contributed by atoms with Crippen molar-refractivity contribution in [1.82, 2.24) is 0 Å². The molecule has 0 saturated heterocycles. The van der Waals surface area contributed by atoms with E-state index in [1.54, 1.807) is 0 Å². The van der Waals surface area contributed by atoms with E-state index in [2.05, 4.69) is 11.3 Å². The van der Waals surface area contributed by atoms with Crippen molar-refractivity contribution in [2.45, 2.75) is 30.9 Å². The second-order valence-corrected chi connectivity index (χ2v) is 3.71. The maximum atomic E-state index is 12.8. The van der Waals surface area contributed by atoms with E-state index in [1.165, 1.54) is 0 Å². The predicted molar refractivity (Wildman–Crippen MR) is 46.7 cm³/mol. The van der Waals surface area contributed by atoms with Crippen LogP contribution in [0.15, 0.2) is 12.2 Å². The molecule has 0 heterocycles. The molecular formula is C9H7F9O2. The van der Waals surface area contributed by atoms with Gasteiger partial charge in [0, 0.05) is 5.57 Å². The quantitative estimate of drug-likeness (QED) is 0.440. The summed E-state index contributed by atoms with van der Waals surface area (Å²) in [5.74, 6) is -21.4. The van der Waals surface area contributed by atoms with Gasteiger partial charge < -0.3 is 4.74 Å². The van der Waals surface area contributed by atoms with Gasteiger partial charge in [-0.3, -0.25) is 0 Å². The Morgan fingerprint density at radius 1 is 0.950 bits per heavy atom. The highest BCUT2D eigenvalue weighted by atomic mass is 19.4. The van der Waals surface area contributed by atoms with Gasteiger partial charge in [-0.15, -0.1) is 0 Å². The summed E-state index contributed by atoms with van der Waals surface area (Å²) in [6.07, 6.45) is -6.90. The van der Waals surface area contributed by atoms with Crippen molar-refractivity contribution >= 4 is 5.97 Å². The van der Waals surface area contributed by atoms with E-state index in [-0.39, 0.29) is 0 Å². The van der Waals surface area contributed by atoms with Crippen LogP contribution in [0, 0.1) is 0 Å². The SMILES string of the molecule is C=C(C)C(=O)OCC(F)(F)C(F)(F)C(F)(F)C(F)(F)F. The Bertz CT molecular complexity index is 397. The molecule has 0 spiro atoms. The van der Waals surface area contributed by atoms with Gasteiger partial charge in [-0.2, -0.15) is 39.5 Å². The van der Waals surface area contributed by atoms with Crippen molar-refractivity contribution in [1.29, 1.82) is 0 Å². The second kappa shape index (κ2) is 5.17. The zero-order valence-corrected chi connectivity index (χ0v) is 9.63. The zero-order valence-electron chi connectivity index (χ0n) is 9.63. The van der Waals surface area contributed by atoms with Gasteiger partial charge in [0.2, 0.25) is 0 Å². The summed E-state index contributed by atoms with van der Waals surface area (Å²) in [5, 5.41) is 0. The van der Waals surface area contributed by atoms with Crippen LogP contribution in [-0.2, 0) is 9.53 Å². The van der Waals surface area contributed by atoms with E-state index < -0.39 is 42.1 Å². The van der Waals surface area contributed by atoms with Crippen molar-refractivity contribution in [3.8, 4) is 0 Å². The van der Waals surface area contributed by atoms with E-state index >= 15 is 0 Å². The van der Waals surface area contributed by atoms with Gasteiger partial charge in [0.05, 0.1) is 0 Å². The summed E-state index contributed by atoms with van der Waals surface area (Å²) >= 11 is 0. The predicted octanol–water partition coefficient (Wildman–Crippen LogP) is 3.57. The lowest BCUT2D eigenvalue weighted by molar-refractivity contribution is -0.398. The Balaban J connectivity index is 5.27. The molecule has 0 atom stereocenters. The molecule has 0 aliphatic carbocycles. The highest BCUT2D eigenvalue weighted by molar-refractivity contribution is 5.86. The molecule has 0 fully saturated rings. The van der Waals surface area contributed by atoms with Crippen molar-refractivity contribution in [2.75, 3.05) is 6.61 Å². The Kier molecular flexibility index (Phi) is 4.80. The molecule has 0 aliphatic heterocycles. The number of carbonyl (C=O) groups excluding carboxylic acids is 1. The van der Waals surface area contributed by atoms with Crippen molar-refractivity contribution < 1.29 is 49.0 Å². The molecule has 0 aliphatic rings. The minimum absolute atomic E-state index is 0.535. The zero-order chi connectivity index (χ0) is 16.6. The van der Waals surface area contributed by atoms with Crippen LogP contribution < -0.4 is 0 Å². The number of halogens is 9. The average Bonchev–Trinajstić information content (AvgIpc) is 2.23. The van der Waals surface area contributed by atoms with Crippen LogP contribution in [0.4, 0.5) is 39.5 Å². The molecule has 0 saturated carbocycles. The van der Waals surface area contributed by atoms with Crippen LogP contribution in [-0.4, -0.2) is 36.5 Å². The molecular weight excluding hydrogens is 311 g/mol. The Morgan fingerprint density at radius 3 is 1.65 bits per heavy atom. The van der Waals surface area contributed by atoms with Gasteiger partial charge in [0.15, 0.2) is 6.61 Å².